The van der Waals surface area contributed by atoms with Gasteiger partial charge in [0.15, 0.2) is 0 Å². The summed E-state index contributed by atoms with van der Waals surface area (Å²) in [6.07, 6.45) is 4.02. The molecule has 1 amide bonds. The number of amides is 1. The molecular weight excluding hydrogens is 360 g/mol. The fourth-order valence-corrected chi connectivity index (χ4v) is 4.29. The van der Waals surface area contributed by atoms with E-state index in [0.29, 0.717) is 6.61 Å². The molecule has 0 heterocycles. The molecule has 1 aliphatic rings. The van der Waals surface area contributed by atoms with E-state index in [0.717, 1.165) is 62.3 Å². The van der Waals surface area contributed by atoms with Gasteiger partial charge in [-0.25, -0.2) is 0 Å². The number of hydrogen-bond donors (Lipinski definition) is 1. The van der Waals surface area contributed by atoms with E-state index >= 15 is 0 Å². The maximum absolute atomic E-state index is 13.3. The maximum Gasteiger partial charge on any atom is 0.235 e. The molecule has 0 aromatic heterocycles. The summed E-state index contributed by atoms with van der Waals surface area (Å²) in [6.45, 7) is 10.1. The first kappa shape index (κ1) is 21.4. The monoisotopic (exact) mass is 394 g/mol. The average Bonchev–Trinajstić information content (AvgIpc) is 3.24. The van der Waals surface area contributed by atoms with Crippen LogP contribution in [0.4, 0.5) is 5.69 Å². The normalized spacial score (nSPS) is 15.4. The Morgan fingerprint density at radius 1 is 1.07 bits per heavy atom. The van der Waals surface area contributed by atoms with Gasteiger partial charge in [0.25, 0.3) is 0 Å². The molecule has 0 bridgehead atoms. The third-order valence-electron chi connectivity index (χ3n) is 6.15. The number of rotatable bonds is 9. The molecule has 1 N–H and O–H groups in total. The lowest BCUT2D eigenvalue weighted by Crippen LogP contribution is -2.38. The van der Waals surface area contributed by atoms with E-state index in [4.69, 9.17) is 4.74 Å². The summed E-state index contributed by atoms with van der Waals surface area (Å²) < 4.78 is 5.85. The van der Waals surface area contributed by atoms with E-state index in [1.807, 2.05) is 24.3 Å². The zero-order chi connectivity index (χ0) is 20.7. The van der Waals surface area contributed by atoms with Crippen molar-refractivity contribution in [3.05, 3.63) is 59.7 Å². The van der Waals surface area contributed by atoms with Gasteiger partial charge in [-0.3, -0.25) is 4.79 Å². The zero-order valence-corrected chi connectivity index (χ0v) is 18.0. The Balaban J connectivity index is 1.63. The molecule has 4 heteroatoms. The molecule has 4 nitrogen and oxygen atoms in total. The molecule has 0 saturated heterocycles. The predicted octanol–water partition coefficient (Wildman–Crippen LogP) is 5.17. The van der Waals surface area contributed by atoms with Crippen LogP contribution in [0.1, 0.15) is 50.7 Å². The quantitative estimate of drug-likeness (QED) is 0.638. The van der Waals surface area contributed by atoms with Gasteiger partial charge in [0.1, 0.15) is 12.4 Å². The second kappa shape index (κ2) is 9.93. The highest BCUT2D eigenvalue weighted by Gasteiger charge is 2.42. The van der Waals surface area contributed by atoms with Crippen molar-refractivity contribution in [2.75, 3.05) is 31.6 Å². The van der Waals surface area contributed by atoms with Crippen molar-refractivity contribution in [1.82, 2.24) is 4.90 Å². The lowest BCUT2D eigenvalue weighted by molar-refractivity contribution is -0.121. The van der Waals surface area contributed by atoms with Crippen LogP contribution in [0.15, 0.2) is 48.5 Å². The van der Waals surface area contributed by atoms with Crippen LogP contribution < -0.4 is 10.1 Å². The summed E-state index contributed by atoms with van der Waals surface area (Å²) in [6, 6.07) is 16.2. The van der Waals surface area contributed by atoms with Crippen LogP contribution >= 0.6 is 0 Å². The topological polar surface area (TPSA) is 41.6 Å². The number of benzene rings is 2. The van der Waals surface area contributed by atoms with Gasteiger partial charge in [0.2, 0.25) is 5.91 Å². The van der Waals surface area contributed by atoms with Crippen LogP contribution in [0, 0.1) is 6.92 Å². The van der Waals surface area contributed by atoms with Gasteiger partial charge >= 0.3 is 0 Å². The van der Waals surface area contributed by atoms with Gasteiger partial charge in [0, 0.05) is 12.2 Å². The predicted molar refractivity (Wildman–Crippen MR) is 120 cm³/mol. The number of nitrogens with one attached hydrogen (secondary N) is 1. The SMILES string of the molecule is CCN(CC)CCOc1ccc(NC(=O)C2(c3cccc(C)c3)CCCC2)cc1. The number of nitrogens with zero attached hydrogens (tertiary/aromatic N) is 1. The number of ether oxygens (including phenoxy) is 1. The van der Waals surface area contributed by atoms with Crippen molar-refractivity contribution < 1.29 is 9.53 Å². The smallest absolute Gasteiger partial charge is 0.235 e. The third kappa shape index (κ3) is 5.18. The summed E-state index contributed by atoms with van der Waals surface area (Å²) in [7, 11) is 0. The second-order valence-electron chi connectivity index (χ2n) is 8.01. The van der Waals surface area contributed by atoms with Crippen molar-refractivity contribution in [1.29, 1.82) is 0 Å². The fourth-order valence-electron chi connectivity index (χ4n) is 4.29. The summed E-state index contributed by atoms with van der Waals surface area (Å²) >= 11 is 0. The van der Waals surface area contributed by atoms with Crippen LogP contribution in [0.2, 0.25) is 0 Å². The molecule has 3 rings (SSSR count). The van der Waals surface area contributed by atoms with Crippen LogP contribution in [-0.4, -0.2) is 37.0 Å². The summed E-state index contributed by atoms with van der Waals surface area (Å²) in [5.74, 6) is 0.945. The maximum atomic E-state index is 13.3. The number of likely N-dealkylation sites (N-methyl/N-ethyl adjacent to an activating group) is 1. The van der Waals surface area contributed by atoms with Gasteiger partial charge in [0.05, 0.1) is 5.41 Å². The number of carbonyl (C=O) groups excluding carboxylic acids is 1. The highest BCUT2D eigenvalue weighted by molar-refractivity contribution is 5.99. The minimum absolute atomic E-state index is 0.107. The molecule has 156 valence electrons. The lowest BCUT2D eigenvalue weighted by atomic mass is 9.77. The lowest BCUT2D eigenvalue weighted by Gasteiger charge is -2.28. The zero-order valence-electron chi connectivity index (χ0n) is 18.0. The Hall–Kier alpha value is -2.33. The number of aryl methyl sites for hydroxylation is 1. The van der Waals surface area contributed by atoms with Gasteiger partial charge in [-0.05, 0) is 62.7 Å². The van der Waals surface area contributed by atoms with E-state index in [1.54, 1.807) is 0 Å². The second-order valence-corrected chi connectivity index (χ2v) is 8.01. The van der Waals surface area contributed by atoms with Crippen LogP contribution in [0.5, 0.6) is 5.75 Å². The van der Waals surface area contributed by atoms with Crippen molar-refractivity contribution in [2.24, 2.45) is 0 Å². The Morgan fingerprint density at radius 2 is 1.76 bits per heavy atom. The van der Waals surface area contributed by atoms with Crippen LogP contribution in [-0.2, 0) is 10.2 Å². The molecule has 1 fully saturated rings. The Morgan fingerprint density at radius 3 is 2.38 bits per heavy atom. The summed E-state index contributed by atoms with van der Waals surface area (Å²) in [5.41, 5.74) is 2.76. The molecule has 1 saturated carbocycles. The number of carbonyl (C=O) groups is 1. The van der Waals surface area contributed by atoms with Crippen molar-refractivity contribution in [3.8, 4) is 5.75 Å². The molecule has 29 heavy (non-hydrogen) atoms. The Kier molecular flexibility index (Phi) is 7.32. The third-order valence-corrected chi connectivity index (χ3v) is 6.15. The molecule has 0 radical (unpaired) electrons. The average molecular weight is 395 g/mol. The van der Waals surface area contributed by atoms with Crippen molar-refractivity contribution in [3.63, 3.8) is 0 Å². The summed E-state index contributed by atoms with van der Waals surface area (Å²) in [5, 5.41) is 3.16. The summed E-state index contributed by atoms with van der Waals surface area (Å²) in [4.78, 5) is 15.6. The van der Waals surface area contributed by atoms with Gasteiger partial charge in [-0.2, -0.15) is 0 Å². The highest BCUT2D eigenvalue weighted by Crippen LogP contribution is 2.42. The number of anilines is 1. The van der Waals surface area contributed by atoms with E-state index in [9.17, 15) is 4.79 Å². The Bertz CT molecular complexity index is 791. The van der Waals surface area contributed by atoms with E-state index in [1.165, 1.54) is 5.56 Å². The molecule has 1 aliphatic carbocycles. The molecular formula is C25H34N2O2. The molecule has 0 aliphatic heterocycles. The molecule has 0 spiro atoms. The van der Waals surface area contributed by atoms with Crippen LogP contribution in [0.25, 0.3) is 0 Å². The van der Waals surface area contributed by atoms with Gasteiger partial charge in [-0.15, -0.1) is 0 Å². The first-order chi connectivity index (χ1) is 14.1. The number of hydrogen-bond acceptors (Lipinski definition) is 3. The van der Waals surface area contributed by atoms with Crippen molar-refractivity contribution in [2.45, 2.75) is 51.9 Å². The standard InChI is InChI=1S/C25H34N2O2/c1-4-27(5-2)17-18-29-23-13-11-22(12-14-23)26-24(28)25(15-6-7-16-25)21-10-8-9-20(3)19-21/h8-14,19H,4-7,15-18H2,1-3H3,(H,26,28). The minimum Gasteiger partial charge on any atom is -0.492 e. The van der Waals surface area contributed by atoms with E-state index in [2.05, 4.69) is 55.3 Å². The molecule has 2 aromatic rings. The first-order valence-electron chi connectivity index (χ1n) is 10.9. The van der Waals surface area contributed by atoms with Gasteiger partial charge < -0.3 is 15.0 Å². The van der Waals surface area contributed by atoms with E-state index in [-0.39, 0.29) is 5.91 Å². The molecule has 0 unspecified atom stereocenters. The molecule has 2 aromatic carbocycles. The molecule has 0 atom stereocenters. The van der Waals surface area contributed by atoms with Crippen LogP contribution in [0.3, 0.4) is 0 Å². The largest absolute Gasteiger partial charge is 0.492 e. The first-order valence-corrected chi connectivity index (χ1v) is 10.9. The van der Waals surface area contributed by atoms with Crippen molar-refractivity contribution >= 4 is 11.6 Å². The highest BCUT2D eigenvalue weighted by atomic mass is 16.5. The fraction of sp³-hybridized carbons (Fsp3) is 0.480. The minimum atomic E-state index is -0.412. The van der Waals surface area contributed by atoms with Gasteiger partial charge in [-0.1, -0.05) is 56.5 Å². The van der Waals surface area contributed by atoms with E-state index < -0.39 is 5.41 Å². The Labute approximate surface area is 175 Å².